The maximum Gasteiger partial charge on any atom is 0.115 e. The van der Waals surface area contributed by atoms with E-state index in [4.69, 9.17) is 0 Å². The number of benzene rings is 2. The lowest BCUT2D eigenvalue weighted by atomic mass is 10.2. The van der Waals surface area contributed by atoms with Crippen molar-refractivity contribution in [3.63, 3.8) is 0 Å². The predicted octanol–water partition coefficient (Wildman–Crippen LogP) is 1.99. The Hall–Kier alpha value is -1.79. The molecule has 0 aromatic heterocycles. The average Bonchev–Trinajstić information content (AvgIpc) is 2.56. The Morgan fingerprint density at radius 2 is 0.875 bits per heavy atom. The summed E-state index contributed by atoms with van der Waals surface area (Å²) in [6, 6.07) is 14.5. The van der Waals surface area contributed by atoms with Gasteiger partial charge in [-0.25, -0.2) is 0 Å². The zero-order valence-electron chi connectivity index (χ0n) is 13.7. The fourth-order valence-electron chi connectivity index (χ4n) is 2.17. The highest BCUT2D eigenvalue weighted by molar-refractivity contribution is 5.85. The van der Waals surface area contributed by atoms with Gasteiger partial charge in [0, 0.05) is 39.3 Å². The molecule has 0 spiro atoms. The first-order valence-electron chi connectivity index (χ1n) is 7.92. The highest BCUT2D eigenvalue weighted by Crippen LogP contribution is 2.09. The van der Waals surface area contributed by atoms with Gasteiger partial charge >= 0.3 is 0 Å². The van der Waals surface area contributed by atoms with Crippen LogP contribution in [0.15, 0.2) is 48.5 Å². The third kappa shape index (κ3) is 8.17. The Kier molecular flexibility index (Phi) is 9.88. The first-order chi connectivity index (χ1) is 11.2. The molecule has 0 unspecified atom stereocenters. The molecule has 5 N–H and O–H groups in total. The van der Waals surface area contributed by atoms with E-state index in [1.165, 1.54) is 11.1 Å². The molecular formula is C18H26ClN3O2. The molecule has 0 amide bonds. The molecule has 2 aromatic rings. The minimum absolute atomic E-state index is 0. The van der Waals surface area contributed by atoms with Crippen LogP contribution in [-0.2, 0) is 13.1 Å². The van der Waals surface area contributed by atoms with Crippen molar-refractivity contribution in [1.29, 1.82) is 0 Å². The summed E-state index contributed by atoms with van der Waals surface area (Å²) in [5.74, 6) is 0.602. The van der Waals surface area contributed by atoms with Crippen molar-refractivity contribution >= 4 is 12.4 Å². The summed E-state index contributed by atoms with van der Waals surface area (Å²) in [5, 5.41) is 28.5. The van der Waals surface area contributed by atoms with Crippen molar-refractivity contribution in [2.24, 2.45) is 0 Å². The molecule has 0 aliphatic rings. The van der Waals surface area contributed by atoms with Crippen molar-refractivity contribution in [3.8, 4) is 11.5 Å². The second-order valence-electron chi connectivity index (χ2n) is 5.44. The number of phenolic OH excluding ortho intramolecular Hbond substituents is 2. The molecule has 2 rings (SSSR count). The van der Waals surface area contributed by atoms with Gasteiger partial charge in [0.2, 0.25) is 0 Å². The van der Waals surface area contributed by atoms with Crippen LogP contribution in [0.3, 0.4) is 0 Å². The SMILES string of the molecule is Cl.Oc1ccc(CNCCNCCNCc2ccc(O)cc2)cc1. The van der Waals surface area contributed by atoms with Crippen molar-refractivity contribution in [1.82, 2.24) is 16.0 Å². The third-order valence-electron chi connectivity index (χ3n) is 3.49. The monoisotopic (exact) mass is 351 g/mol. The molecule has 0 aliphatic heterocycles. The molecule has 6 heteroatoms. The molecule has 0 radical (unpaired) electrons. The highest BCUT2D eigenvalue weighted by Gasteiger charge is 1.95. The average molecular weight is 352 g/mol. The number of hydrogen-bond acceptors (Lipinski definition) is 5. The van der Waals surface area contributed by atoms with Gasteiger partial charge in [0.15, 0.2) is 0 Å². The van der Waals surface area contributed by atoms with E-state index >= 15 is 0 Å². The number of hydrogen-bond donors (Lipinski definition) is 5. The van der Waals surface area contributed by atoms with Crippen LogP contribution in [0.2, 0.25) is 0 Å². The van der Waals surface area contributed by atoms with Crippen LogP contribution in [0.25, 0.3) is 0 Å². The molecule has 0 heterocycles. The molecule has 0 bridgehead atoms. The van der Waals surface area contributed by atoms with Crippen LogP contribution in [0.5, 0.6) is 11.5 Å². The van der Waals surface area contributed by atoms with Gasteiger partial charge in [-0.1, -0.05) is 24.3 Å². The summed E-state index contributed by atoms with van der Waals surface area (Å²) < 4.78 is 0. The lowest BCUT2D eigenvalue weighted by Crippen LogP contribution is -2.32. The van der Waals surface area contributed by atoms with Crippen molar-refractivity contribution in [2.45, 2.75) is 13.1 Å². The molecule has 24 heavy (non-hydrogen) atoms. The largest absolute Gasteiger partial charge is 0.508 e. The van der Waals surface area contributed by atoms with Crippen LogP contribution in [0, 0.1) is 0 Å². The van der Waals surface area contributed by atoms with Crippen LogP contribution in [-0.4, -0.2) is 36.4 Å². The Morgan fingerprint density at radius 1 is 0.542 bits per heavy atom. The summed E-state index contributed by atoms with van der Waals surface area (Å²) in [5.41, 5.74) is 2.33. The lowest BCUT2D eigenvalue weighted by molar-refractivity contribution is 0.474. The van der Waals surface area contributed by atoms with Gasteiger partial charge in [0.05, 0.1) is 0 Å². The molecule has 0 aliphatic carbocycles. The number of rotatable bonds is 10. The van der Waals surface area contributed by atoms with E-state index in [2.05, 4.69) is 16.0 Å². The van der Waals surface area contributed by atoms with Crippen molar-refractivity contribution in [2.75, 3.05) is 26.2 Å². The van der Waals surface area contributed by atoms with Gasteiger partial charge in [0.25, 0.3) is 0 Å². The third-order valence-corrected chi connectivity index (χ3v) is 3.49. The normalized spacial score (nSPS) is 10.3. The number of nitrogens with one attached hydrogen (secondary N) is 3. The fraction of sp³-hybridized carbons (Fsp3) is 0.333. The Labute approximate surface area is 149 Å². The van der Waals surface area contributed by atoms with E-state index in [1.54, 1.807) is 24.3 Å². The van der Waals surface area contributed by atoms with Crippen LogP contribution < -0.4 is 16.0 Å². The fourth-order valence-corrected chi connectivity index (χ4v) is 2.17. The van der Waals surface area contributed by atoms with E-state index in [0.717, 1.165) is 39.3 Å². The van der Waals surface area contributed by atoms with Crippen molar-refractivity contribution < 1.29 is 10.2 Å². The summed E-state index contributed by atoms with van der Waals surface area (Å²) in [4.78, 5) is 0. The van der Waals surface area contributed by atoms with E-state index in [9.17, 15) is 10.2 Å². The summed E-state index contributed by atoms with van der Waals surface area (Å²) in [6.45, 7) is 5.25. The van der Waals surface area contributed by atoms with E-state index < -0.39 is 0 Å². The summed E-state index contributed by atoms with van der Waals surface area (Å²) in [7, 11) is 0. The lowest BCUT2D eigenvalue weighted by Gasteiger charge is -2.08. The second-order valence-corrected chi connectivity index (χ2v) is 5.44. The molecule has 5 nitrogen and oxygen atoms in total. The molecule has 132 valence electrons. The van der Waals surface area contributed by atoms with Gasteiger partial charge in [-0.3, -0.25) is 0 Å². The van der Waals surface area contributed by atoms with Crippen LogP contribution in [0.4, 0.5) is 0 Å². The first-order valence-corrected chi connectivity index (χ1v) is 7.92. The van der Waals surface area contributed by atoms with Crippen LogP contribution >= 0.6 is 12.4 Å². The molecule has 0 atom stereocenters. The molecule has 0 fully saturated rings. The minimum atomic E-state index is 0. The van der Waals surface area contributed by atoms with Gasteiger partial charge in [-0.05, 0) is 35.4 Å². The van der Waals surface area contributed by atoms with Gasteiger partial charge in [-0.2, -0.15) is 0 Å². The minimum Gasteiger partial charge on any atom is -0.508 e. The standard InChI is InChI=1S/C18H25N3O2.ClH/c22-17-5-1-15(2-6-17)13-20-11-9-19-10-12-21-14-16-3-7-18(23)8-4-16;/h1-8,19-23H,9-14H2;1H. The van der Waals surface area contributed by atoms with E-state index in [0.29, 0.717) is 11.5 Å². The van der Waals surface area contributed by atoms with Crippen LogP contribution in [0.1, 0.15) is 11.1 Å². The second kappa shape index (κ2) is 11.7. The Bertz CT molecular complexity index is 510. The summed E-state index contributed by atoms with van der Waals surface area (Å²) >= 11 is 0. The molecular weight excluding hydrogens is 326 g/mol. The number of aromatic hydroxyl groups is 2. The number of phenols is 2. The maximum atomic E-state index is 9.21. The zero-order chi connectivity index (χ0) is 16.3. The first kappa shape index (κ1) is 20.3. The van der Waals surface area contributed by atoms with E-state index in [1.807, 2.05) is 24.3 Å². The zero-order valence-corrected chi connectivity index (χ0v) is 14.5. The topological polar surface area (TPSA) is 76.5 Å². The highest BCUT2D eigenvalue weighted by atomic mass is 35.5. The maximum absolute atomic E-state index is 9.21. The smallest absolute Gasteiger partial charge is 0.115 e. The summed E-state index contributed by atoms with van der Waals surface area (Å²) in [6.07, 6.45) is 0. The van der Waals surface area contributed by atoms with Gasteiger partial charge < -0.3 is 26.2 Å². The quantitative estimate of drug-likeness (QED) is 0.423. The number of halogens is 1. The van der Waals surface area contributed by atoms with Crippen molar-refractivity contribution in [3.05, 3.63) is 59.7 Å². The Balaban J connectivity index is 0.00000288. The molecule has 0 saturated heterocycles. The molecule has 2 aromatic carbocycles. The molecule has 0 saturated carbocycles. The Morgan fingerprint density at radius 3 is 1.25 bits per heavy atom. The van der Waals surface area contributed by atoms with Gasteiger partial charge in [0.1, 0.15) is 11.5 Å². The van der Waals surface area contributed by atoms with E-state index in [-0.39, 0.29) is 12.4 Å². The van der Waals surface area contributed by atoms with Gasteiger partial charge in [-0.15, -0.1) is 12.4 Å². The predicted molar refractivity (Wildman–Crippen MR) is 99.7 cm³/mol.